The quantitative estimate of drug-likeness (QED) is 0.787. The fourth-order valence-electron chi connectivity index (χ4n) is 2.33. The molecule has 19 heavy (non-hydrogen) atoms. The average Bonchev–Trinajstić information content (AvgIpc) is 3.06. The van der Waals surface area contributed by atoms with Gasteiger partial charge >= 0.3 is 0 Å². The van der Waals surface area contributed by atoms with Gasteiger partial charge in [0.25, 0.3) is 5.91 Å². The molecular weight excluding hydrogens is 244 g/mol. The molecule has 1 aliphatic rings. The molecule has 2 aromatic heterocycles. The summed E-state index contributed by atoms with van der Waals surface area (Å²) >= 11 is 0. The van der Waals surface area contributed by atoms with E-state index in [0.717, 1.165) is 31.9 Å². The van der Waals surface area contributed by atoms with E-state index in [1.807, 2.05) is 28.4 Å². The lowest BCUT2D eigenvalue weighted by Gasteiger charge is -2.26. The molecule has 100 valence electrons. The zero-order valence-corrected chi connectivity index (χ0v) is 10.9. The van der Waals surface area contributed by atoms with Crippen LogP contribution < -0.4 is 0 Å². The molecule has 0 atom stereocenters. The Morgan fingerprint density at radius 3 is 2.95 bits per heavy atom. The molecule has 1 amide bonds. The number of aromatic nitrogens is 5. The fourth-order valence-corrected chi connectivity index (χ4v) is 2.33. The lowest BCUT2D eigenvalue weighted by molar-refractivity contribution is 0.0705. The Labute approximate surface area is 110 Å². The zero-order chi connectivity index (χ0) is 13.2. The molecule has 0 unspecified atom stereocenters. The minimum Gasteiger partial charge on any atom is -0.334 e. The van der Waals surface area contributed by atoms with Crippen LogP contribution in [0.25, 0.3) is 0 Å². The Hall–Kier alpha value is -2.18. The number of nitrogens with zero attached hydrogens (tertiary/aromatic N) is 6. The Morgan fingerprint density at radius 1 is 1.32 bits per heavy atom. The van der Waals surface area contributed by atoms with E-state index >= 15 is 0 Å². The second-order valence-corrected chi connectivity index (χ2v) is 4.50. The molecule has 7 heteroatoms. The lowest BCUT2D eigenvalue weighted by Crippen LogP contribution is -2.40. The Kier molecular flexibility index (Phi) is 3.02. The topological polar surface area (TPSA) is 68.8 Å². The first-order chi connectivity index (χ1) is 9.29. The molecule has 0 fully saturated rings. The van der Waals surface area contributed by atoms with Crippen LogP contribution >= 0.6 is 0 Å². The van der Waals surface area contributed by atoms with Gasteiger partial charge in [-0.15, -0.1) is 10.2 Å². The SMILES string of the molecule is CCN1CCn2c(CCn3cccn3)nnc2C1=O. The van der Waals surface area contributed by atoms with E-state index in [9.17, 15) is 4.79 Å². The van der Waals surface area contributed by atoms with Crippen LogP contribution in [0.5, 0.6) is 0 Å². The van der Waals surface area contributed by atoms with E-state index < -0.39 is 0 Å². The molecule has 3 rings (SSSR count). The summed E-state index contributed by atoms with van der Waals surface area (Å²) in [5, 5.41) is 12.3. The second-order valence-electron chi connectivity index (χ2n) is 4.50. The van der Waals surface area contributed by atoms with Crippen molar-refractivity contribution < 1.29 is 4.79 Å². The molecule has 0 aromatic carbocycles. The minimum absolute atomic E-state index is 0.0217. The van der Waals surface area contributed by atoms with Crippen LogP contribution in [0.1, 0.15) is 23.4 Å². The molecule has 3 heterocycles. The van der Waals surface area contributed by atoms with Gasteiger partial charge in [-0.25, -0.2) is 0 Å². The van der Waals surface area contributed by atoms with Crippen molar-refractivity contribution in [1.82, 2.24) is 29.4 Å². The third-order valence-corrected chi connectivity index (χ3v) is 3.40. The van der Waals surface area contributed by atoms with Gasteiger partial charge in [0, 0.05) is 45.0 Å². The molecule has 0 saturated carbocycles. The second kappa shape index (κ2) is 4.83. The number of likely N-dealkylation sites (N-methyl/N-ethyl adjacent to an activating group) is 1. The monoisotopic (exact) mass is 260 g/mol. The van der Waals surface area contributed by atoms with Crippen LogP contribution in [0.2, 0.25) is 0 Å². The Bertz CT molecular complexity index is 573. The summed E-state index contributed by atoms with van der Waals surface area (Å²) < 4.78 is 3.78. The van der Waals surface area contributed by atoms with Gasteiger partial charge in [-0.3, -0.25) is 9.48 Å². The van der Waals surface area contributed by atoms with Crippen molar-refractivity contribution in [2.75, 3.05) is 13.1 Å². The number of hydrogen-bond donors (Lipinski definition) is 0. The molecule has 0 spiro atoms. The van der Waals surface area contributed by atoms with Crippen LogP contribution in [-0.2, 0) is 19.5 Å². The summed E-state index contributed by atoms with van der Waals surface area (Å²) in [6.45, 7) is 4.94. The van der Waals surface area contributed by atoms with Gasteiger partial charge in [0.05, 0.1) is 0 Å². The van der Waals surface area contributed by atoms with Crippen molar-refractivity contribution in [1.29, 1.82) is 0 Å². The van der Waals surface area contributed by atoms with Crippen molar-refractivity contribution in [3.63, 3.8) is 0 Å². The molecule has 0 saturated heterocycles. The van der Waals surface area contributed by atoms with Crippen molar-refractivity contribution in [2.45, 2.75) is 26.4 Å². The van der Waals surface area contributed by atoms with Gasteiger partial charge in [-0.05, 0) is 13.0 Å². The van der Waals surface area contributed by atoms with Gasteiger partial charge in [0.1, 0.15) is 5.82 Å². The fraction of sp³-hybridized carbons (Fsp3) is 0.500. The minimum atomic E-state index is -0.0217. The van der Waals surface area contributed by atoms with Crippen LogP contribution in [0, 0.1) is 0 Å². The number of amides is 1. The molecule has 7 nitrogen and oxygen atoms in total. The highest BCUT2D eigenvalue weighted by atomic mass is 16.2. The number of carbonyl (C=O) groups is 1. The molecule has 0 bridgehead atoms. The van der Waals surface area contributed by atoms with Crippen LogP contribution in [0.4, 0.5) is 0 Å². The highest BCUT2D eigenvalue weighted by Crippen LogP contribution is 2.12. The normalized spacial score (nSPS) is 14.8. The summed E-state index contributed by atoms with van der Waals surface area (Å²) in [4.78, 5) is 13.9. The maximum absolute atomic E-state index is 12.1. The summed E-state index contributed by atoms with van der Waals surface area (Å²) in [6.07, 6.45) is 4.40. The first kappa shape index (κ1) is 11.9. The molecule has 2 aromatic rings. The van der Waals surface area contributed by atoms with E-state index in [1.54, 1.807) is 11.1 Å². The van der Waals surface area contributed by atoms with Crippen LogP contribution in [0.3, 0.4) is 0 Å². The van der Waals surface area contributed by atoms with E-state index in [2.05, 4.69) is 15.3 Å². The number of fused-ring (bicyclic) bond motifs is 1. The van der Waals surface area contributed by atoms with Gasteiger partial charge in [0.15, 0.2) is 0 Å². The highest BCUT2D eigenvalue weighted by Gasteiger charge is 2.27. The third-order valence-electron chi connectivity index (χ3n) is 3.40. The highest BCUT2D eigenvalue weighted by molar-refractivity contribution is 5.91. The van der Waals surface area contributed by atoms with Gasteiger partial charge < -0.3 is 9.47 Å². The average molecular weight is 260 g/mol. The Morgan fingerprint density at radius 2 is 2.21 bits per heavy atom. The van der Waals surface area contributed by atoms with Crippen molar-refractivity contribution in [2.24, 2.45) is 0 Å². The lowest BCUT2D eigenvalue weighted by atomic mass is 10.3. The van der Waals surface area contributed by atoms with Crippen molar-refractivity contribution >= 4 is 5.91 Å². The first-order valence-corrected chi connectivity index (χ1v) is 6.48. The molecular formula is C12H16N6O. The largest absolute Gasteiger partial charge is 0.334 e. The number of aryl methyl sites for hydroxylation is 2. The number of hydrogen-bond acceptors (Lipinski definition) is 4. The number of rotatable bonds is 4. The van der Waals surface area contributed by atoms with Crippen LogP contribution in [0.15, 0.2) is 18.5 Å². The van der Waals surface area contributed by atoms with Crippen LogP contribution in [-0.4, -0.2) is 48.4 Å². The van der Waals surface area contributed by atoms with E-state index in [4.69, 9.17) is 0 Å². The first-order valence-electron chi connectivity index (χ1n) is 6.48. The predicted molar refractivity (Wildman–Crippen MR) is 67.5 cm³/mol. The van der Waals surface area contributed by atoms with Crippen molar-refractivity contribution in [3.8, 4) is 0 Å². The zero-order valence-electron chi connectivity index (χ0n) is 10.9. The Balaban J connectivity index is 1.77. The van der Waals surface area contributed by atoms with E-state index in [1.165, 1.54) is 0 Å². The smallest absolute Gasteiger partial charge is 0.291 e. The number of carbonyl (C=O) groups excluding carboxylic acids is 1. The summed E-state index contributed by atoms with van der Waals surface area (Å²) in [5.41, 5.74) is 0. The molecule has 0 N–H and O–H groups in total. The summed E-state index contributed by atoms with van der Waals surface area (Å²) in [7, 11) is 0. The summed E-state index contributed by atoms with van der Waals surface area (Å²) in [6, 6.07) is 1.89. The maximum Gasteiger partial charge on any atom is 0.291 e. The van der Waals surface area contributed by atoms with E-state index in [-0.39, 0.29) is 5.91 Å². The van der Waals surface area contributed by atoms with E-state index in [0.29, 0.717) is 12.4 Å². The van der Waals surface area contributed by atoms with Gasteiger partial charge in [-0.1, -0.05) is 0 Å². The molecule has 1 aliphatic heterocycles. The standard InChI is InChI=1S/C12H16N6O/c1-2-16-8-9-18-10(14-15-11(18)12(16)19)4-7-17-6-3-5-13-17/h3,5-6H,2,4,7-9H2,1H3. The summed E-state index contributed by atoms with van der Waals surface area (Å²) in [5.74, 6) is 1.30. The van der Waals surface area contributed by atoms with Crippen molar-refractivity contribution in [3.05, 3.63) is 30.1 Å². The molecule has 0 aliphatic carbocycles. The van der Waals surface area contributed by atoms with Gasteiger partial charge in [-0.2, -0.15) is 5.10 Å². The molecule has 0 radical (unpaired) electrons. The predicted octanol–water partition coefficient (Wildman–Crippen LogP) is 0.193. The van der Waals surface area contributed by atoms with Gasteiger partial charge in [0.2, 0.25) is 5.82 Å². The third kappa shape index (κ3) is 2.11. The maximum atomic E-state index is 12.1.